The average Bonchev–Trinajstić information content (AvgIpc) is 3.32. The van der Waals surface area contributed by atoms with E-state index in [-0.39, 0.29) is 21.1 Å². The van der Waals surface area contributed by atoms with Gasteiger partial charge in [-0.3, -0.25) is 0 Å². The number of nitrogens with zero attached hydrogens (tertiary/aromatic N) is 4. The quantitative estimate of drug-likeness (QED) is 0.131. The second-order valence-corrected chi connectivity index (χ2v) is 25.2. The molecule has 0 bridgehead atoms. The van der Waals surface area contributed by atoms with E-state index in [4.69, 9.17) is 99.4 Å². The number of hydrogen-bond acceptors (Lipinski definition) is 8. The molecule has 0 amide bonds. The third-order valence-corrected chi connectivity index (χ3v) is 18.3. The van der Waals surface area contributed by atoms with Crippen molar-refractivity contribution < 1.29 is 21.1 Å². The van der Waals surface area contributed by atoms with Gasteiger partial charge in [-0.2, -0.15) is 0 Å². The molecule has 8 saturated carbocycles. The SMILES string of the molecule is S=C([S-])N(C1CCCCC1)C1CCCCC1.S=C([S-])N(C1CCCCC1)C1CCCCC1.S=C([S-])N(C1CCCCC1)C1CCCCC1.S=C([S-])N(C1CCCCC1)C1CCCCC1.[Mo+4]. The van der Waals surface area contributed by atoms with Crippen LogP contribution in [0.1, 0.15) is 257 Å². The van der Waals surface area contributed by atoms with Crippen molar-refractivity contribution in [2.75, 3.05) is 0 Å². The van der Waals surface area contributed by atoms with E-state index in [2.05, 4.69) is 19.6 Å². The molecule has 13 heteroatoms. The third-order valence-electron chi connectivity index (χ3n) is 16.6. The summed E-state index contributed by atoms with van der Waals surface area (Å²) in [6.07, 6.45) is 54.1. The summed E-state index contributed by atoms with van der Waals surface area (Å²) in [5.41, 5.74) is 0. The Balaban J connectivity index is 0.000000189. The van der Waals surface area contributed by atoms with E-state index in [0.29, 0.717) is 48.3 Å². The van der Waals surface area contributed by atoms with E-state index in [1.807, 2.05) is 0 Å². The summed E-state index contributed by atoms with van der Waals surface area (Å²) < 4.78 is 2.94. The largest absolute Gasteiger partial charge is 4.00 e. The molecule has 0 radical (unpaired) electrons. The Bertz CT molecular complexity index is 1060. The van der Waals surface area contributed by atoms with Crippen LogP contribution in [0.4, 0.5) is 0 Å². The van der Waals surface area contributed by atoms with Gasteiger partial charge in [0.1, 0.15) is 0 Å². The van der Waals surface area contributed by atoms with E-state index < -0.39 is 0 Å². The smallest absolute Gasteiger partial charge is 0.411 e. The van der Waals surface area contributed by atoms with Crippen LogP contribution in [-0.2, 0) is 71.6 Å². The molecule has 0 aliphatic heterocycles. The van der Waals surface area contributed by atoms with Crippen LogP contribution in [0.25, 0.3) is 0 Å². The Morgan fingerprint density at radius 2 is 0.308 bits per heavy atom. The molecule has 0 aromatic rings. The molecule has 0 aromatic carbocycles. The molecule has 0 N–H and O–H groups in total. The van der Waals surface area contributed by atoms with E-state index in [0.717, 1.165) is 17.3 Å². The summed E-state index contributed by atoms with van der Waals surface area (Å²) in [5.74, 6) is 0. The summed E-state index contributed by atoms with van der Waals surface area (Å²) in [4.78, 5) is 9.73. The number of thiocarbonyl (C=S) groups is 4. The number of hydrogen-bond donors (Lipinski definition) is 0. The molecule has 0 atom stereocenters. The van der Waals surface area contributed by atoms with Crippen LogP contribution in [0.15, 0.2) is 0 Å². The van der Waals surface area contributed by atoms with Crippen molar-refractivity contribution >= 4 is 117 Å². The molecule has 0 spiro atoms. The van der Waals surface area contributed by atoms with Crippen molar-refractivity contribution in [2.24, 2.45) is 0 Å². The molecule has 8 aliphatic rings. The standard InChI is InChI=1S/4C13H23NS2.Mo/c4*15-13(16)14(11-7-3-1-4-8-11)12-9-5-2-6-10-12;/h4*11-12H,1-10H2,(H,15,16);/q;;;;+4/p-4. The number of rotatable bonds is 8. The van der Waals surface area contributed by atoms with Crippen LogP contribution in [-0.4, -0.2) is 85.2 Å². The first-order valence-electron chi connectivity index (χ1n) is 27.1. The van der Waals surface area contributed by atoms with Crippen LogP contribution < -0.4 is 0 Å². The maximum Gasteiger partial charge on any atom is 4.00 e. The van der Waals surface area contributed by atoms with Gasteiger partial charge in [0, 0.05) is 48.3 Å². The molecular formula is C52H88MoN4S8. The molecule has 0 heterocycles. The minimum Gasteiger partial charge on any atom is -0.411 e. The van der Waals surface area contributed by atoms with Crippen molar-refractivity contribution in [3.8, 4) is 0 Å². The molecule has 8 aliphatic carbocycles. The van der Waals surface area contributed by atoms with Gasteiger partial charge in [-0.25, -0.2) is 0 Å². The Morgan fingerprint density at radius 1 is 0.215 bits per heavy atom. The fraction of sp³-hybridized carbons (Fsp3) is 0.923. The van der Waals surface area contributed by atoms with Crippen LogP contribution in [0.5, 0.6) is 0 Å². The molecule has 0 unspecified atom stereocenters. The molecular weight excluding hydrogens is 1030 g/mol. The third kappa shape index (κ3) is 20.3. The van der Waals surface area contributed by atoms with Crippen LogP contribution in [0.3, 0.4) is 0 Å². The van der Waals surface area contributed by atoms with E-state index in [1.165, 1.54) is 257 Å². The van der Waals surface area contributed by atoms with Crippen molar-refractivity contribution in [3.63, 3.8) is 0 Å². The molecule has 65 heavy (non-hydrogen) atoms. The van der Waals surface area contributed by atoms with Crippen LogP contribution in [0.2, 0.25) is 0 Å². The van der Waals surface area contributed by atoms with Gasteiger partial charge in [-0.05, 0) is 103 Å². The molecule has 370 valence electrons. The summed E-state index contributed by atoms with van der Waals surface area (Å²) in [6.45, 7) is 0. The second kappa shape index (κ2) is 33.7. The normalized spacial score (nSPS) is 23.9. The average molecular weight is 1120 g/mol. The summed E-state index contributed by atoms with van der Waals surface area (Å²) in [6, 6.07) is 5.35. The monoisotopic (exact) mass is 1120 g/mol. The molecule has 0 saturated heterocycles. The minimum absolute atomic E-state index is 0. The van der Waals surface area contributed by atoms with Gasteiger partial charge >= 0.3 is 21.1 Å². The van der Waals surface area contributed by atoms with Crippen molar-refractivity contribution in [2.45, 2.75) is 305 Å². The van der Waals surface area contributed by atoms with Crippen molar-refractivity contribution in [1.29, 1.82) is 0 Å². The first-order chi connectivity index (χ1) is 31.2. The zero-order chi connectivity index (χ0) is 45.5. The minimum atomic E-state index is 0. The summed E-state index contributed by atoms with van der Waals surface area (Å²) in [5, 5.41) is 0. The molecule has 8 rings (SSSR count). The van der Waals surface area contributed by atoms with Gasteiger partial charge in [0.15, 0.2) is 0 Å². The van der Waals surface area contributed by atoms with Gasteiger partial charge in [0.25, 0.3) is 0 Å². The first kappa shape index (κ1) is 58.7. The van der Waals surface area contributed by atoms with E-state index in [9.17, 15) is 0 Å². The maximum atomic E-state index is 5.32. The zero-order valence-corrected chi connectivity index (χ0v) is 48.9. The predicted molar refractivity (Wildman–Crippen MR) is 302 cm³/mol. The van der Waals surface area contributed by atoms with Crippen LogP contribution >= 0.6 is 48.9 Å². The Labute approximate surface area is 458 Å². The van der Waals surface area contributed by atoms with E-state index >= 15 is 0 Å². The molecule has 4 nitrogen and oxygen atoms in total. The van der Waals surface area contributed by atoms with Crippen molar-refractivity contribution in [1.82, 2.24) is 19.6 Å². The van der Waals surface area contributed by atoms with Gasteiger partial charge in [-0.15, -0.1) is 0 Å². The predicted octanol–water partition coefficient (Wildman–Crippen LogP) is 15.1. The fourth-order valence-electron chi connectivity index (χ4n) is 13.3. The topological polar surface area (TPSA) is 13.0 Å². The Hall–Kier alpha value is 1.13. The maximum absolute atomic E-state index is 5.32. The van der Waals surface area contributed by atoms with E-state index in [1.54, 1.807) is 0 Å². The Kier molecular flexibility index (Phi) is 30.4. The summed E-state index contributed by atoms with van der Waals surface area (Å²) >= 11 is 42.6. The van der Waals surface area contributed by atoms with Gasteiger partial charge in [0.2, 0.25) is 0 Å². The Morgan fingerprint density at radius 3 is 0.385 bits per heavy atom. The van der Waals surface area contributed by atoms with Crippen LogP contribution in [0, 0.1) is 0 Å². The zero-order valence-electron chi connectivity index (χ0n) is 40.4. The van der Waals surface area contributed by atoms with Gasteiger partial charge in [-0.1, -0.05) is 171 Å². The fourth-order valence-corrected chi connectivity index (χ4v) is 15.6. The van der Waals surface area contributed by atoms with Gasteiger partial charge in [0.05, 0.1) is 0 Å². The second-order valence-electron chi connectivity index (χ2n) is 21.0. The summed E-state index contributed by atoms with van der Waals surface area (Å²) in [7, 11) is 0. The first-order valence-corrected chi connectivity index (χ1v) is 30.4. The van der Waals surface area contributed by atoms with Gasteiger partial charge < -0.3 is 119 Å². The molecule has 0 aromatic heterocycles. The molecule has 8 fully saturated rings. The van der Waals surface area contributed by atoms with Crippen molar-refractivity contribution in [3.05, 3.63) is 0 Å².